The molecule has 2 nitrogen and oxygen atoms in total. The fraction of sp³-hybridized carbons (Fsp3) is 0.583. The van der Waals surface area contributed by atoms with Crippen LogP contribution in [0.1, 0.15) is 32.9 Å². The Morgan fingerprint density at radius 3 is 2.50 bits per heavy atom. The quantitative estimate of drug-likeness (QED) is 0.792. The van der Waals surface area contributed by atoms with Gasteiger partial charge in [0.1, 0.15) is 0 Å². The monoisotopic (exact) mass is 192 g/mol. The summed E-state index contributed by atoms with van der Waals surface area (Å²) in [5.41, 5.74) is 2.18. The highest BCUT2D eigenvalue weighted by Gasteiger charge is 2.09. The highest BCUT2D eigenvalue weighted by molar-refractivity contribution is 5.41. The van der Waals surface area contributed by atoms with Gasteiger partial charge in [0, 0.05) is 11.7 Å². The average molecular weight is 192 g/mol. The minimum Gasteiger partial charge on any atom is -0.381 e. The summed E-state index contributed by atoms with van der Waals surface area (Å²) >= 11 is 0. The molecule has 1 aromatic rings. The Kier molecular flexibility index (Phi) is 3.93. The second-order valence-electron chi connectivity index (χ2n) is 4.09. The molecule has 0 fully saturated rings. The van der Waals surface area contributed by atoms with Gasteiger partial charge >= 0.3 is 0 Å². The van der Waals surface area contributed by atoms with E-state index in [2.05, 4.69) is 37.1 Å². The first kappa shape index (κ1) is 11.0. The number of anilines is 1. The maximum atomic E-state index is 4.26. The van der Waals surface area contributed by atoms with E-state index in [9.17, 15) is 0 Å². The van der Waals surface area contributed by atoms with E-state index in [0.717, 1.165) is 17.8 Å². The van der Waals surface area contributed by atoms with Crippen LogP contribution < -0.4 is 5.32 Å². The predicted octanol–water partition coefficient (Wildman–Crippen LogP) is 3.24. The lowest BCUT2D eigenvalue weighted by molar-refractivity contribution is 0.511. The zero-order valence-corrected chi connectivity index (χ0v) is 9.54. The molecule has 1 atom stereocenters. The van der Waals surface area contributed by atoms with E-state index in [-0.39, 0.29) is 0 Å². The van der Waals surface area contributed by atoms with Gasteiger partial charge < -0.3 is 5.32 Å². The second-order valence-corrected chi connectivity index (χ2v) is 4.09. The van der Waals surface area contributed by atoms with Crippen LogP contribution in [0.3, 0.4) is 0 Å². The van der Waals surface area contributed by atoms with Crippen molar-refractivity contribution in [3.8, 4) is 0 Å². The van der Waals surface area contributed by atoms with E-state index >= 15 is 0 Å². The molecular formula is C12H20N2. The first-order valence-corrected chi connectivity index (χ1v) is 5.32. The van der Waals surface area contributed by atoms with Gasteiger partial charge in [0.15, 0.2) is 0 Å². The van der Waals surface area contributed by atoms with Crippen LogP contribution in [0.25, 0.3) is 0 Å². The van der Waals surface area contributed by atoms with Crippen LogP contribution in [-0.2, 0) is 0 Å². The van der Waals surface area contributed by atoms with Crippen LogP contribution in [0.5, 0.6) is 0 Å². The van der Waals surface area contributed by atoms with Gasteiger partial charge in [-0.05, 0) is 31.4 Å². The number of aryl methyl sites for hydroxylation is 1. The number of pyridine rings is 1. The van der Waals surface area contributed by atoms with E-state index in [1.165, 1.54) is 0 Å². The van der Waals surface area contributed by atoms with Crippen molar-refractivity contribution in [3.05, 3.63) is 24.0 Å². The molecule has 0 saturated carbocycles. The molecule has 1 heterocycles. The van der Waals surface area contributed by atoms with Crippen LogP contribution in [0.4, 0.5) is 5.69 Å². The van der Waals surface area contributed by atoms with Gasteiger partial charge in [0.2, 0.25) is 0 Å². The number of rotatable bonds is 4. The van der Waals surface area contributed by atoms with Crippen molar-refractivity contribution in [2.24, 2.45) is 5.92 Å². The Balaban J connectivity index is 2.63. The Hall–Kier alpha value is -1.05. The molecule has 1 rings (SSSR count). The molecule has 1 unspecified atom stereocenters. The van der Waals surface area contributed by atoms with E-state index in [1.807, 2.05) is 19.2 Å². The van der Waals surface area contributed by atoms with Gasteiger partial charge in [-0.15, -0.1) is 0 Å². The minimum absolute atomic E-state index is 0.541. The van der Waals surface area contributed by atoms with Crippen LogP contribution in [0.15, 0.2) is 18.3 Å². The minimum atomic E-state index is 0.541. The van der Waals surface area contributed by atoms with Crippen molar-refractivity contribution < 1.29 is 0 Å². The largest absolute Gasteiger partial charge is 0.381 e. The molecule has 14 heavy (non-hydrogen) atoms. The van der Waals surface area contributed by atoms with E-state index < -0.39 is 0 Å². The van der Waals surface area contributed by atoms with E-state index in [1.54, 1.807) is 0 Å². The van der Waals surface area contributed by atoms with Crippen molar-refractivity contribution in [1.29, 1.82) is 0 Å². The summed E-state index contributed by atoms with van der Waals surface area (Å²) in [4.78, 5) is 4.26. The van der Waals surface area contributed by atoms with Gasteiger partial charge in [-0.2, -0.15) is 0 Å². The highest BCUT2D eigenvalue weighted by atomic mass is 14.9. The lowest BCUT2D eigenvalue weighted by atomic mass is 10.0. The predicted molar refractivity (Wildman–Crippen MR) is 61.5 cm³/mol. The molecule has 0 amide bonds. The van der Waals surface area contributed by atoms with E-state index in [4.69, 9.17) is 0 Å². The lowest BCUT2D eigenvalue weighted by Crippen LogP contribution is -2.24. The molecule has 2 heteroatoms. The Morgan fingerprint density at radius 2 is 2.07 bits per heavy atom. The summed E-state index contributed by atoms with van der Waals surface area (Å²) in [6.45, 7) is 8.69. The Labute approximate surface area is 86.8 Å². The van der Waals surface area contributed by atoms with Crippen LogP contribution in [0, 0.1) is 12.8 Å². The fourth-order valence-corrected chi connectivity index (χ4v) is 1.51. The zero-order chi connectivity index (χ0) is 10.6. The third-order valence-corrected chi connectivity index (χ3v) is 2.51. The van der Waals surface area contributed by atoms with Gasteiger partial charge in [0.05, 0.1) is 11.9 Å². The summed E-state index contributed by atoms with van der Waals surface area (Å²) in [6.07, 6.45) is 3.05. The lowest BCUT2D eigenvalue weighted by Gasteiger charge is -2.21. The molecule has 0 spiro atoms. The summed E-state index contributed by atoms with van der Waals surface area (Å²) in [5.74, 6) is 0.654. The van der Waals surface area contributed by atoms with Crippen molar-refractivity contribution in [1.82, 2.24) is 4.98 Å². The highest BCUT2D eigenvalue weighted by Crippen LogP contribution is 2.14. The number of nitrogens with one attached hydrogen (secondary N) is 1. The van der Waals surface area contributed by atoms with Gasteiger partial charge in [-0.3, -0.25) is 4.98 Å². The SMILES string of the molecule is CCC(Nc1ccc(C)nc1)C(C)C. The van der Waals surface area contributed by atoms with Crippen molar-refractivity contribution in [2.75, 3.05) is 5.32 Å². The smallest absolute Gasteiger partial charge is 0.0529 e. The number of nitrogens with zero attached hydrogens (tertiary/aromatic N) is 1. The van der Waals surface area contributed by atoms with Gasteiger partial charge in [-0.25, -0.2) is 0 Å². The molecule has 1 N–H and O–H groups in total. The number of aromatic nitrogens is 1. The molecule has 0 aromatic carbocycles. The zero-order valence-electron chi connectivity index (χ0n) is 9.54. The third-order valence-electron chi connectivity index (χ3n) is 2.51. The summed E-state index contributed by atoms with van der Waals surface area (Å²) < 4.78 is 0. The van der Waals surface area contributed by atoms with Crippen molar-refractivity contribution in [2.45, 2.75) is 40.2 Å². The Bertz CT molecular complexity index is 264. The molecule has 0 aliphatic carbocycles. The second kappa shape index (κ2) is 4.99. The molecule has 0 aliphatic rings. The van der Waals surface area contributed by atoms with Crippen molar-refractivity contribution >= 4 is 5.69 Å². The van der Waals surface area contributed by atoms with E-state index in [0.29, 0.717) is 12.0 Å². The summed E-state index contributed by atoms with van der Waals surface area (Å²) in [6, 6.07) is 4.67. The molecule has 0 saturated heterocycles. The topological polar surface area (TPSA) is 24.9 Å². The molecular weight excluding hydrogens is 172 g/mol. The average Bonchev–Trinajstić information content (AvgIpc) is 2.16. The first-order valence-electron chi connectivity index (χ1n) is 5.32. The number of hydrogen-bond donors (Lipinski definition) is 1. The van der Waals surface area contributed by atoms with Gasteiger partial charge in [0.25, 0.3) is 0 Å². The standard InChI is InChI=1S/C12H20N2/c1-5-12(9(2)3)14-11-7-6-10(4)13-8-11/h6-9,12,14H,5H2,1-4H3. The first-order chi connectivity index (χ1) is 6.63. The van der Waals surface area contributed by atoms with Gasteiger partial charge in [-0.1, -0.05) is 20.8 Å². The molecule has 78 valence electrons. The summed E-state index contributed by atoms with van der Waals surface area (Å²) in [5, 5.41) is 3.49. The van der Waals surface area contributed by atoms with Crippen molar-refractivity contribution in [3.63, 3.8) is 0 Å². The number of hydrogen-bond acceptors (Lipinski definition) is 2. The Morgan fingerprint density at radius 1 is 1.36 bits per heavy atom. The maximum Gasteiger partial charge on any atom is 0.0529 e. The van der Waals surface area contributed by atoms with Crippen LogP contribution in [-0.4, -0.2) is 11.0 Å². The normalized spacial score (nSPS) is 12.9. The third kappa shape index (κ3) is 3.02. The summed E-state index contributed by atoms with van der Waals surface area (Å²) in [7, 11) is 0. The van der Waals surface area contributed by atoms with Crippen LogP contribution in [0.2, 0.25) is 0 Å². The molecule has 1 aromatic heterocycles. The molecule has 0 aliphatic heterocycles. The molecule has 0 bridgehead atoms. The maximum absolute atomic E-state index is 4.26. The fourth-order valence-electron chi connectivity index (χ4n) is 1.51. The molecule has 0 radical (unpaired) electrons. The van der Waals surface area contributed by atoms with Crippen LogP contribution >= 0.6 is 0 Å².